The molecule has 0 aromatic heterocycles. The van der Waals surface area contributed by atoms with Gasteiger partial charge in [-0.15, -0.1) is 0 Å². The van der Waals surface area contributed by atoms with Gasteiger partial charge < -0.3 is 5.11 Å². The fourth-order valence-corrected chi connectivity index (χ4v) is 1.55. The van der Waals surface area contributed by atoms with E-state index in [2.05, 4.69) is 6.07 Å². The van der Waals surface area contributed by atoms with Crippen LogP contribution in [0.15, 0.2) is 30.3 Å². The Labute approximate surface area is 76.7 Å². The Balaban J connectivity index is 2.49. The van der Waals surface area contributed by atoms with Gasteiger partial charge >= 0.3 is 0 Å². The highest BCUT2D eigenvalue weighted by molar-refractivity contribution is 5.58. The molecule has 0 amide bonds. The van der Waals surface area contributed by atoms with Crippen molar-refractivity contribution in [3.63, 3.8) is 0 Å². The third kappa shape index (κ3) is 1.24. The third-order valence-electron chi connectivity index (χ3n) is 2.29. The van der Waals surface area contributed by atoms with E-state index in [4.69, 9.17) is 5.26 Å². The molecule has 0 bridgehead atoms. The molecule has 2 heteroatoms. The zero-order valence-electron chi connectivity index (χ0n) is 7.01. The van der Waals surface area contributed by atoms with Gasteiger partial charge in [0.25, 0.3) is 0 Å². The average Bonchev–Trinajstić information content (AvgIpc) is 2.19. The lowest BCUT2D eigenvalue weighted by atomic mass is 9.88. The van der Waals surface area contributed by atoms with Crippen LogP contribution in [0.2, 0.25) is 0 Å². The summed E-state index contributed by atoms with van der Waals surface area (Å²) in [6, 6.07) is 9.64. The molecule has 1 aliphatic carbocycles. The number of rotatable bonds is 0. The maximum Gasteiger partial charge on any atom is 0.0989 e. The number of fused-ring (bicyclic) bond motifs is 1. The fraction of sp³-hybridized carbons (Fsp3) is 0.182. The Bertz CT molecular complexity index is 389. The van der Waals surface area contributed by atoms with E-state index in [-0.39, 0.29) is 0 Å². The first-order valence-corrected chi connectivity index (χ1v) is 4.18. The van der Waals surface area contributed by atoms with Crippen LogP contribution in [0.4, 0.5) is 0 Å². The molecule has 1 aliphatic rings. The molecule has 2 nitrogen and oxygen atoms in total. The number of hydrogen-bond acceptors (Lipinski definition) is 2. The Morgan fingerprint density at radius 3 is 2.85 bits per heavy atom. The highest BCUT2D eigenvalue weighted by atomic mass is 16.3. The molecule has 0 saturated carbocycles. The number of benzene rings is 1. The van der Waals surface area contributed by atoms with E-state index in [0.717, 1.165) is 11.1 Å². The molecule has 1 aromatic rings. The molecule has 1 aromatic carbocycles. The highest BCUT2D eigenvalue weighted by Gasteiger charge is 2.22. The van der Waals surface area contributed by atoms with Gasteiger partial charge in [-0.05, 0) is 11.1 Å². The monoisotopic (exact) mass is 171 g/mol. The van der Waals surface area contributed by atoms with E-state index in [1.165, 1.54) is 0 Å². The fourth-order valence-electron chi connectivity index (χ4n) is 1.55. The zero-order chi connectivity index (χ0) is 9.26. The molecule has 0 spiro atoms. The number of nitriles is 1. The summed E-state index contributed by atoms with van der Waals surface area (Å²) in [5.41, 5.74) is 1.85. The number of hydrogen-bond donors (Lipinski definition) is 1. The third-order valence-corrected chi connectivity index (χ3v) is 2.29. The standard InChI is InChI=1S/C11H9NO/c12-7-9-6-5-8-3-1-2-4-10(8)11(9)13/h1-6,9,11,13H. The molecule has 1 N–H and O–H groups in total. The molecule has 2 atom stereocenters. The van der Waals surface area contributed by atoms with Gasteiger partial charge in [0, 0.05) is 0 Å². The van der Waals surface area contributed by atoms with Gasteiger partial charge in [0.15, 0.2) is 0 Å². The lowest BCUT2D eigenvalue weighted by Gasteiger charge is -2.20. The Hall–Kier alpha value is -1.59. The van der Waals surface area contributed by atoms with Gasteiger partial charge in [-0.25, -0.2) is 0 Å². The smallest absolute Gasteiger partial charge is 0.0989 e. The van der Waals surface area contributed by atoms with Crippen LogP contribution in [-0.2, 0) is 0 Å². The molecule has 13 heavy (non-hydrogen) atoms. The summed E-state index contributed by atoms with van der Waals surface area (Å²) < 4.78 is 0. The first kappa shape index (κ1) is 8.03. The van der Waals surface area contributed by atoms with Crippen LogP contribution in [0.25, 0.3) is 6.08 Å². The van der Waals surface area contributed by atoms with Crippen LogP contribution in [0.3, 0.4) is 0 Å². The van der Waals surface area contributed by atoms with E-state index in [0.29, 0.717) is 0 Å². The van der Waals surface area contributed by atoms with Crippen molar-refractivity contribution in [3.8, 4) is 6.07 Å². The lowest BCUT2D eigenvalue weighted by molar-refractivity contribution is 0.152. The van der Waals surface area contributed by atoms with Crippen molar-refractivity contribution >= 4 is 6.08 Å². The number of aliphatic hydroxyl groups is 1. The van der Waals surface area contributed by atoms with Crippen molar-refractivity contribution in [2.24, 2.45) is 5.92 Å². The van der Waals surface area contributed by atoms with Crippen molar-refractivity contribution < 1.29 is 5.11 Å². The average molecular weight is 171 g/mol. The predicted octanol–water partition coefficient (Wildman–Crippen LogP) is 1.89. The van der Waals surface area contributed by atoms with E-state index in [9.17, 15) is 5.11 Å². The second-order valence-corrected chi connectivity index (χ2v) is 3.09. The van der Waals surface area contributed by atoms with E-state index >= 15 is 0 Å². The highest BCUT2D eigenvalue weighted by Crippen LogP contribution is 2.31. The maximum atomic E-state index is 9.75. The van der Waals surface area contributed by atoms with Crippen LogP contribution in [0.1, 0.15) is 17.2 Å². The van der Waals surface area contributed by atoms with E-state index < -0.39 is 12.0 Å². The molecule has 0 saturated heterocycles. The van der Waals surface area contributed by atoms with Crippen molar-refractivity contribution in [2.75, 3.05) is 0 Å². The lowest BCUT2D eigenvalue weighted by Crippen LogP contribution is -2.12. The Morgan fingerprint density at radius 1 is 1.31 bits per heavy atom. The molecule has 0 aliphatic heterocycles. The molecule has 0 radical (unpaired) electrons. The molecular weight excluding hydrogens is 162 g/mol. The zero-order valence-corrected chi connectivity index (χ0v) is 7.01. The minimum Gasteiger partial charge on any atom is -0.387 e. The summed E-state index contributed by atoms with van der Waals surface area (Å²) >= 11 is 0. The van der Waals surface area contributed by atoms with Gasteiger partial charge in [-0.1, -0.05) is 36.4 Å². The van der Waals surface area contributed by atoms with Gasteiger partial charge in [0.2, 0.25) is 0 Å². The van der Waals surface area contributed by atoms with Crippen molar-refractivity contribution in [2.45, 2.75) is 6.10 Å². The normalized spacial score (nSPS) is 24.9. The van der Waals surface area contributed by atoms with Gasteiger partial charge in [0.1, 0.15) is 0 Å². The van der Waals surface area contributed by atoms with Crippen LogP contribution in [-0.4, -0.2) is 5.11 Å². The van der Waals surface area contributed by atoms with Gasteiger partial charge in [0.05, 0.1) is 18.1 Å². The van der Waals surface area contributed by atoms with Gasteiger partial charge in [-0.2, -0.15) is 5.26 Å². The quantitative estimate of drug-likeness (QED) is 0.647. The molecule has 2 rings (SSSR count). The topological polar surface area (TPSA) is 44.0 Å². The summed E-state index contributed by atoms with van der Waals surface area (Å²) in [5.74, 6) is -0.408. The van der Waals surface area contributed by atoms with Crippen molar-refractivity contribution in [3.05, 3.63) is 41.5 Å². The van der Waals surface area contributed by atoms with Crippen LogP contribution >= 0.6 is 0 Å². The molecule has 64 valence electrons. The minimum atomic E-state index is -0.675. The van der Waals surface area contributed by atoms with Crippen LogP contribution in [0, 0.1) is 17.2 Å². The Kier molecular flexibility index (Phi) is 1.88. The molecule has 0 heterocycles. The van der Waals surface area contributed by atoms with Crippen LogP contribution in [0.5, 0.6) is 0 Å². The Morgan fingerprint density at radius 2 is 2.08 bits per heavy atom. The first-order chi connectivity index (χ1) is 6.33. The first-order valence-electron chi connectivity index (χ1n) is 4.18. The summed E-state index contributed by atoms with van der Waals surface area (Å²) in [7, 11) is 0. The second-order valence-electron chi connectivity index (χ2n) is 3.09. The molecule has 0 fully saturated rings. The SMILES string of the molecule is N#CC1C=Cc2ccccc2C1O. The van der Waals surface area contributed by atoms with E-state index in [1.807, 2.05) is 30.3 Å². The molecule has 2 unspecified atom stereocenters. The van der Waals surface area contributed by atoms with E-state index in [1.54, 1.807) is 6.08 Å². The summed E-state index contributed by atoms with van der Waals surface area (Å²) in [5, 5.41) is 18.5. The predicted molar refractivity (Wildman–Crippen MR) is 49.5 cm³/mol. The summed E-state index contributed by atoms with van der Waals surface area (Å²) in [6.07, 6.45) is 2.95. The number of aliphatic hydroxyl groups excluding tert-OH is 1. The summed E-state index contributed by atoms with van der Waals surface area (Å²) in [4.78, 5) is 0. The second kappa shape index (κ2) is 3.04. The van der Waals surface area contributed by atoms with Crippen LogP contribution < -0.4 is 0 Å². The number of nitrogens with zero attached hydrogens (tertiary/aromatic N) is 1. The largest absolute Gasteiger partial charge is 0.387 e. The maximum absolute atomic E-state index is 9.75. The van der Waals surface area contributed by atoms with Crippen molar-refractivity contribution in [1.82, 2.24) is 0 Å². The summed E-state index contributed by atoms with van der Waals surface area (Å²) in [6.45, 7) is 0. The molecular formula is C11H9NO. The van der Waals surface area contributed by atoms with Gasteiger partial charge in [-0.3, -0.25) is 0 Å². The van der Waals surface area contributed by atoms with Crippen molar-refractivity contribution in [1.29, 1.82) is 5.26 Å². The minimum absolute atomic E-state index is 0.408.